The van der Waals surface area contributed by atoms with Gasteiger partial charge in [0, 0.05) is 16.8 Å². The maximum atomic E-state index is 11.0. The average Bonchev–Trinajstić information content (AvgIpc) is 2.75. The summed E-state index contributed by atoms with van der Waals surface area (Å²) in [6.07, 6.45) is 0. The highest BCUT2D eigenvalue weighted by molar-refractivity contribution is 9.10. The lowest BCUT2D eigenvalue weighted by Crippen LogP contribution is -2.03. The molecule has 1 aromatic heterocycles. The summed E-state index contributed by atoms with van der Waals surface area (Å²) in [7, 11) is 0. The Morgan fingerprint density at radius 3 is 2.73 bits per heavy atom. The number of carbonyl (C=O) groups excluding carboxylic acids is 1. The molecule has 2 aromatic carbocycles. The van der Waals surface area contributed by atoms with Crippen LogP contribution in [0.1, 0.15) is 12.5 Å². The molecule has 0 unspecified atom stereocenters. The van der Waals surface area contributed by atoms with Crippen LogP contribution < -0.4 is 4.74 Å². The van der Waals surface area contributed by atoms with Crippen molar-refractivity contribution in [1.82, 2.24) is 9.78 Å². The molecule has 0 saturated carbocycles. The van der Waals surface area contributed by atoms with E-state index in [1.807, 2.05) is 31.2 Å². The third-order valence-corrected chi connectivity index (χ3v) is 4.09. The number of ether oxygens (including phenoxy) is 1. The molecule has 0 atom stereocenters. The second kappa shape index (κ2) is 5.74. The number of hydrogen-bond acceptors (Lipinski definition) is 3. The molecule has 3 rings (SSSR count). The van der Waals surface area contributed by atoms with Crippen LogP contribution in [0.3, 0.4) is 0 Å². The van der Waals surface area contributed by atoms with Gasteiger partial charge < -0.3 is 4.74 Å². The van der Waals surface area contributed by atoms with E-state index >= 15 is 0 Å². The fourth-order valence-electron chi connectivity index (χ4n) is 2.28. The highest BCUT2D eigenvalue weighted by Gasteiger charge is 2.13. The summed E-state index contributed by atoms with van der Waals surface area (Å²) in [6, 6.07) is 11.1. The Hall–Kier alpha value is -1.85. The van der Waals surface area contributed by atoms with Gasteiger partial charge in [0.1, 0.15) is 10.9 Å². The maximum Gasteiger partial charge on any atom is 0.308 e. The molecule has 1 heterocycles. The first-order valence-corrected chi connectivity index (χ1v) is 7.76. The van der Waals surface area contributed by atoms with Crippen molar-refractivity contribution in [3.8, 4) is 11.4 Å². The van der Waals surface area contributed by atoms with Crippen LogP contribution in [0, 0.1) is 6.92 Å². The molecule has 4 nitrogen and oxygen atoms in total. The van der Waals surface area contributed by atoms with E-state index < -0.39 is 0 Å². The zero-order valence-corrected chi connectivity index (χ0v) is 14.3. The van der Waals surface area contributed by atoms with E-state index in [-0.39, 0.29) is 5.97 Å². The monoisotopic (exact) mass is 378 g/mol. The first kappa shape index (κ1) is 15.1. The molecule has 112 valence electrons. The van der Waals surface area contributed by atoms with Gasteiger partial charge in [-0.15, -0.1) is 0 Å². The summed E-state index contributed by atoms with van der Waals surface area (Å²) >= 11 is 9.89. The van der Waals surface area contributed by atoms with E-state index in [0.29, 0.717) is 10.9 Å². The molecule has 22 heavy (non-hydrogen) atoms. The van der Waals surface area contributed by atoms with Crippen molar-refractivity contribution in [2.75, 3.05) is 0 Å². The Morgan fingerprint density at radius 2 is 2.05 bits per heavy atom. The second-order valence-electron chi connectivity index (χ2n) is 4.91. The van der Waals surface area contributed by atoms with Crippen molar-refractivity contribution in [2.45, 2.75) is 13.8 Å². The number of carbonyl (C=O) groups is 1. The third-order valence-electron chi connectivity index (χ3n) is 3.23. The Labute approximate surface area is 140 Å². The number of aryl methyl sites for hydroxylation is 1. The minimum absolute atomic E-state index is 0.347. The van der Waals surface area contributed by atoms with Crippen LogP contribution in [0.15, 0.2) is 40.9 Å². The van der Waals surface area contributed by atoms with Crippen LogP contribution in [-0.4, -0.2) is 15.7 Å². The molecule has 0 aliphatic rings. The Kier molecular flexibility index (Phi) is 3.93. The molecular formula is C16H12BrClN2O2. The van der Waals surface area contributed by atoms with Crippen LogP contribution in [0.5, 0.6) is 5.75 Å². The average molecular weight is 380 g/mol. The fraction of sp³-hybridized carbons (Fsp3) is 0.125. The standard InChI is InChI=1S/C16H12BrClN2O2/c1-9-7-12(22-10(2)21)4-6-15(9)20-16(18)13-8-11(17)3-5-14(13)19-20/h3-8H,1-2H3. The SMILES string of the molecule is CC(=O)Oc1ccc(-n2nc3ccc(Br)cc3c2Cl)c(C)c1. The molecule has 0 aliphatic carbocycles. The number of hydrogen-bond donors (Lipinski definition) is 0. The smallest absolute Gasteiger partial charge is 0.308 e. The molecule has 0 amide bonds. The minimum atomic E-state index is -0.347. The van der Waals surface area contributed by atoms with Crippen LogP contribution in [0.2, 0.25) is 5.15 Å². The largest absolute Gasteiger partial charge is 0.427 e. The summed E-state index contributed by atoms with van der Waals surface area (Å²) in [6.45, 7) is 3.29. The first-order chi connectivity index (χ1) is 10.5. The fourth-order valence-corrected chi connectivity index (χ4v) is 2.92. The van der Waals surface area contributed by atoms with Crippen molar-refractivity contribution in [1.29, 1.82) is 0 Å². The van der Waals surface area contributed by atoms with E-state index in [0.717, 1.165) is 26.6 Å². The van der Waals surface area contributed by atoms with Gasteiger partial charge in [0.25, 0.3) is 0 Å². The number of halogens is 2. The molecule has 0 N–H and O–H groups in total. The van der Waals surface area contributed by atoms with E-state index in [9.17, 15) is 4.79 Å². The van der Waals surface area contributed by atoms with Crippen LogP contribution >= 0.6 is 27.5 Å². The molecule has 0 spiro atoms. The normalized spacial score (nSPS) is 10.9. The lowest BCUT2D eigenvalue weighted by molar-refractivity contribution is -0.131. The van der Waals surface area contributed by atoms with Gasteiger partial charge in [0.15, 0.2) is 0 Å². The van der Waals surface area contributed by atoms with Crippen molar-refractivity contribution < 1.29 is 9.53 Å². The van der Waals surface area contributed by atoms with Crippen molar-refractivity contribution in [3.63, 3.8) is 0 Å². The van der Waals surface area contributed by atoms with Crippen LogP contribution in [0.4, 0.5) is 0 Å². The summed E-state index contributed by atoms with van der Waals surface area (Å²) < 4.78 is 7.72. The molecule has 0 saturated heterocycles. The van der Waals surface area contributed by atoms with E-state index in [4.69, 9.17) is 16.3 Å². The van der Waals surface area contributed by atoms with Gasteiger partial charge in [-0.1, -0.05) is 27.5 Å². The van der Waals surface area contributed by atoms with Gasteiger partial charge in [-0.2, -0.15) is 5.10 Å². The number of benzene rings is 2. The summed E-state index contributed by atoms with van der Waals surface area (Å²) in [5, 5.41) is 5.95. The number of esters is 1. The topological polar surface area (TPSA) is 44.1 Å². The predicted molar refractivity (Wildman–Crippen MR) is 89.8 cm³/mol. The van der Waals surface area contributed by atoms with E-state index in [2.05, 4.69) is 21.0 Å². The lowest BCUT2D eigenvalue weighted by atomic mass is 10.2. The van der Waals surface area contributed by atoms with Gasteiger partial charge in [-0.25, -0.2) is 4.68 Å². The van der Waals surface area contributed by atoms with Crippen molar-refractivity contribution in [3.05, 3.63) is 51.6 Å². The van der Waals surface area contributed by atoms with Gasteiger partial charge in [0.2, 0.25) is 0 Å². The lowest BCUT2D eigenvalue weighted by Gasteiger charge is -2.09. The maximum absolute atomic E-state index is 11.0. The zero-order chi connectivity index (χ0) is 15.9. The zero-order valence-electron chi connectivity index (χ0n) is 11.9. The minimum Gasteiger partial charge on any atom is -0.427 e. The summed E-state index contributed by atoms with van der Waals surface area (Å²) in [5.74, 6) is 0.157. The van der Waals surface area contributed by atoms with Crippen molar-refractivity contribution >= 4 is 44.4 Å². The third kappa shape index (κ3) is 2.74. The Morgan fingerprint density at radius 1 is 1.27 bits per heavy atom. The molecule has 6 heteroatoms. The Bertz CT molecular complexity index is 889. The quantitative estimate of drug-likeness (QED) is 0.480. The highest BCUT2D eigenvalue weighted by Crippen LogP contribution is 2.30. The van der Waals surface area contributed by atoms with Gasteiger partial charge >= 0.3 is 5.97 Å². The summed E-state index contributed by atoms with van der Waals surface area (Å²) in [5.41, 5.74) is 2.57. The van der Waals surface area contributed by atoms with Crippen LogP contribution in [0.25, 0.3) is 16.6 Å². The van der Waals surface area contributed by atoms with Crippen molar-refractivity contribution in [2.24, 2.45) is 0 Å². The van der Waals surface area contributed by atoms with Gasteiger partial charge in [0.05, 0.1) is 11.2 Å². The number of nitrogens with zero attached hydrogens (tertiary/aromatic N) is 2. The Balaban J connectivity index is 2.11. The first-order valence-electron chi connectivity index (χ1n) is 6.59. The molecule has 0 aliphatic heterocycles. The molecule has 3 aromatic rings. The molecular weight excluding hydrogens is 368 g/mol. The summed E-state index contributed by atoms with van der Waals surface area (Å²) in [4.78, 5) is 11.0. The van der Waals surface area contributed by atoms with Gasteiger partial charge in [-0.3, -0.25) is 4.79 Å². The number of aromatic nitrogens is 2. The molecule has 0 fully saturated rings. The number of rotatable bonds is 2. The van der Waals surface area contributed by atoms with E-state index in [1.54, 1.807) is 16.8 Å². The highest BCUT2D eigenvalue weighted by atomic mass is 79.9. The number of fused-ring (bicyclic) bond motifs is 1. The molecule has 0 radical (unpaired) electrons. The predicted octanol–water partition coefficient (Wildman–Crippen LogP) is 4.68. The van der Waals surface area contributed by atoms with Crippen LogP contribution in [-0.2, 0) is 4.79 Å². The van der Waals surface area contributed by atoms with E-state index in [1.165, 1.54) is 6.92 Å². The molecule has 0 bridgehead atoms. The second-order valence-corrected chi connectivity index (χ2v) is 6.18. The van der Waals surface area contributed by atoms with Gasteiger partial charge in [-0.05, 0) is 48.9 Å².